The molecule has 1 aliphatic carbocycles. The molecule has 4 nitrogen and oxygen atoms in total. The Bertz CT molecular complexity index is 447. The fraction of sp³-hybridized carbons (Fsp3) is 0.562. The van der Waals surface area contributed by atoms with Crippen molar-refractivity contribution in [1.29, 1.82) is 0 Å². The van der Waals surface area contributed by atoms with Gasteiger partial charge in [0.25, 0.3) is 0 Å². The minimum absolute atomic E-state index is 0.282. The van der Waals surface area contributed by atoms with Crippen molar-refractivity contribution in [2.45, 2.75) is 38.3 Å². The summed E-state index contributed by atoms with van der Waals surface area (Å²) in [6.07, 6.45) is 4.28. The summed E-state index contributed by atoms with van der Waals surface area (Å²) in [6, 6.07) is 10.1. The van der Waals surface area contributed by atoms with Crippen molar-refractivity contribution in [2.75, 3.05) is 13.1 Å². The Morgan fingerprint density at radius 1 is 1.25 bits per heavy atom. The highest BCUT2D eigenvalue weighted by Crippen LogP contribution is 2.39. The smallest absolute Gasteiger partial charge is 0.407 e. The maximum absolute atomic E-state index is 11.8. The van der Waals surface area contributed by atoms with Crippen molar-refractivity contribution in [2.24, 2.45) is 5.41 Å². The molecule has 0 radical (unpaired) electrons. The molecule has 0 aromatic heterocycles. The number of carbonyl (C=O) groups excluding carboxylic acids is 1. The molecule has 1 aromatic carbocycles. The first-order chi connectivity index (χ1) is 9.76. The van der Waals surface area contributed by atoms with E-state index in [0.717, 1.165) is 31.5 Å². The van der Waals surface area contributed by atoms with Gasteiger partial charge in [-0.15, -0.1) is 0 Å². The second kappa shape index (κ2) is 5.83. The molecule has 3 rings (SSSR count). The van der Waals surface area contributed by atoms with Crippen LogP contribution in [0.4, 0.5) is 4.79 Å². The number of amides is 1. The van der Waals surface area contributed by atoms with E-state index in [-0.39, 0.29) is 12.1 Å². The van der Waals surface area contributed by atoms with Crippen LogP contribution < -0.4 is 10.6 Å². The van der Waals surface area contributed by atoms with Crippen molar-refractivity contribution in [3.63, 3.8) is 0 Å². The summed E-state index contributed by atoms with van der Waals surface area (Å²) in [7, 11) is 0. The van der Waals surface area contributed by atoms with E-state index in [4.69, 9.17) is 4.74 Å². The van der Waals surface area contributed by atoms with Gasteiger partial charge in [-0.3, -0.25) is 0 Å². The van der Waals surface area contributed by atoms with Crippen molar-refractivity contribution < 1.29 is 9.53 Å². The lowest BCUT2D eigenvalue weighted by Gasteiger charge is -2.47. The van der Waals surface area contributed by atoms with Crippen LogP contribution in [0.2, 0.25) is 0 Å². The van der Waals surface area contributed by atoms with Gasteiger partial charge in [0, 0.05) is 19.1 Å². The lowest BCUT2D eigenvalue weighted by Crippen LogP contribution is -2.56. The topological polar surface area (TPSA) is 50.4 Å². The summed E-state index contributed by atoms with van der Waals surface area (Å²) in [5, 5.41) is 6.35. The van der Waals surface area contributed by atoms with Gasteiger partial charge in [0.05, 0.1) is 0 Å². The molecule has 108 valence electrons. The van der Waals surface area contributed by atoms with E-state index in [9.17, 15) is 4.79 Å². The maximum Gasteiger partial charge on any atom is 0.407 e. The van der Waals surface area contributed by atoms with E-state index < -0.39 is 0 Å². The van der Waals surface area contributed by atoms with Crippen molar-refractivity contribution in [3.8, 4) is 0 Å². The molecule has 2 aliphatic rings. The van der Waals surface area contributed by atoms with Gasteiger partial charge in [-0.25, -0.2) is 4.79 Å². The number of alkyl carbamates (subject to hydrolysis) is 1. The molecular weight excluding hydrogens is 252 g/mol. The molecule has 2 N–H and O–H groups in total. The first-order valence-electron chi connectivity index (χ1n) is 7.44. The Kier molecular flexibility index (Phi) is 3.92. The summed E-state index contributed by atoms with van der Waals surface area (Å²) >= 11 is 0. The number of ether oxygens (including phenoxy) is 1. The third-order valence-corrected chi connectivity index (χ3v) is 4.58. The first kappa shape index (κ1) is 13.4. The minimum Gasteiger partial charge on any atom is -0.445 e. The molecule has 1 saturated heterocycles. The van der Waals surface area contributed by atoms with Gasteiger partial charge in [-0.2, -0.15) is 0 Å². The average Bonchev–Trinajstić information content (AvgIpc) is 2.45. The Balaban J connectivity index is 1.39. The highest BCUT2D eigenvalue weighted by Gasteiger charge is 2.40. The average molecular weight is 274 g/mol. The summed E-state index contributed by atoms with van der Waals surface area (Å²) < 4.78 is 5.26. The number of hydrogen-bond donors (Lipinski definition) is 2. The van der Waals surface area contributed by atoms with Crippen LogP contribution in [0.5, 0.6) is 0 Å². The lowest BCUT2D eigenvalue weighted by atomic mass is 9.68. The van der Waals surface area contributed by atoms with Gasteiger partial charge < -0.3 is 15.4 Å². The van der Waals surface area contributed by atoms with E-state index >= 15 is 0 Å². The molecule has 1 amide bonds. The van der Waals surface area contributed by atoms with Crippen molar-refractivity contribution in [3.05, 3.63) is 35.9 Å². The van der Waals surface area contributed by atoms with E-state index in [1.165, 1.54) is 12.8 Å². The van der Waals surface area contributed by atoms with Crippen LogP contribution in [0, 0.1) is 5.41 Å². The van der Waals surface area contributed by atoms with Crippen LogP contribution in [0.15, 0.2) is 30.3 Å². The predicted octanol–water partition coefficient (Wildman–Crippen LogP) is 2.45. The van der Waals surface area contributed by atoms with Gasteiger partial charge >= 0.3 is 6.09 Å². The Hall–Kier alpha value is -1.55. The first-order valence-corrected chi connectivity index (χ1v) is 7.44. The third kappa shape index (κ3) is 3.12. The lowest BCUT2D eigenvalue weighted by molar-refractivity contribution is 0.0844. The number of hydrogen-bond acceptors (Lipinski definition) is 3. The van der Waals surface area contributed by atoms with Crippen LogP contribution in [0.25, 0.3) is 0 Å². The van der Waals surface area contributed by atoms with Crippen LogP contribution in [0.3, 0.4) is 0 Å². The number of rotatable bonds is 3. The Morgan fingerprint density at radius 2 is 1.95 bits per heavy atom. The van der Waals surface area contributed by atoms with Crippen LogP contribution in [0.1, 0.15) is 31.2 Å². The zero-order valence-corrected chi connectivity index (χ0v) is 11.7. The Labute approximate surface area is 119 Å². The number of nitrogens with one attached hydrogen (secondary N) is 2. The van der Waals surface area contributed by atoms with Crippen molar-refractivity contribution in [1.82, 2.24) is 10.6 Å². The van der Waals surface area contributed by atoms with Gasteiger partial charge in [0.2, 0.25) is 0 Å². The molecule has 0 unspecified atom stereocenters. The Morgan fingerprint density at radius 3 is 2.55 bits per heavy atom. The quantitative estimate of drug-likeness (QED) is 0.890. The zero-order chi connectivity index (χ0) is 13.8. The normalized spacial score (nSPS) is 21.2. The summed E-state index contributed by atoms with van der Waals surface area (Å²) in [5.41, 5.74) is 1.55. The summed E-state index contributed by atoms with van der Waals surface area (Å²) in [4.78, 5) is 11.8. The SMILES string of the molecule is O=C(NC1CCC2(CC1)CNC2)OCc1ccccc1. The van der Waals surface area contributed by atoms with E-state index in [0.29, 0.717) is 12.0 Å². The molecule has 1 heterocycles. The van der Waals surface area contributed by atoms with Gasteiger partial charge in [-0.05, 0) is 36.7 Å². The fourth-order valence-corrected chi connectivity index (χ4v) is 3.14. The summed E-state index contributed by atoms with van der Waals surface area (Å²) in [6.45, 7) is 2.64. The second-order valence-electron chi connectivity index (χ2n) is 6.08. The monoisotopic (exact) mass is 274 g/mol. The van der Waals surface area contributed by atoms with Crippen LogP contribution >= 0.6 is 0 Å². The number of carbonyl (C=O) groups is 1. The van der Waals surface area contributed by atoms with Gasteiger partial charge in [-0.1, -0.05) is 30.3 Å². The molecule has 1 spiro atoms. The minimum atomic E-state index is -0.290. The summed E-state index contributed by atoms with van der Waals surface area (Å²) in [5.74, 6) is 0. The number of benzene rings is 1. The molecule has 0 bridgehead atoms. The van der Waals surface area contributed by atoms with Crippen molar-refractivity contribution >= 4 is 6.09 Å². The molecule has 1 aromatic rings. The molecular formula is C16H22N2O2. The van der Waals surface area contributed by atoms with Crippen LogP contribution in [-0.4, -0.2) is 25.2 Å². The zero-order valence-electron chi connectivity index (χ0n) is 11.7. The van der Waals surface area contributed by atoms with Crippen LogP contribution in [-0.2, 0) is 11.3 Å². The van der Waals surface area contributed by atoms with E-state index in [1.807, 2.05) is 30.3 Å². The van der Waals surface area contributed by atoms with E-state index in [1.54, 1.807) is 0 Å². The van der Waals surface area contributed by atoms with Gasteiger partial charge in [0.1, 0.15) is 6.61 Å². The molecule has 4 heteroatoms. The highest BCUT2D eigenvalue weighted by atomic mass is 16.5. The largest absolute Gasteiger partial charge is 0.445 e. The fourth-order valence-electron chi connectivity index (χ4n) is 3.14. The standard InChI is InChI=1S/C16H22N2O2/c19-15(20-10-13-4-2-1-3-5-13)18-14-6-8-16(9-7-14)11-17-12-16/h1-5,14,17H,6-12H2,(H,18,19). The van der Waals surface area contributed by atoms with E-state index in [2.05, 4.69) is 10.6 Å². The molecule has 0 atom stereocenters. The molecule has 1 aliphatic heterocycles. The third-order valence-electron chi connectivity index (χ3n) is 4.58. The highest BCUT2D eigenvalue weighted by molar-refractivity contribution is 5.67. The maximum atomic E-state index is 11.8. The van der Waals surface area contributed by atoms with Gasteiger partial charge in [0.15, 0.2) is 0 Å². The molecule has 1 saturated carbocycles. The molecule has 20 heavy (non-hydrogen) atoms. The second-order valence-corrected chi connectivity index (χ2v) is 6.08. The molecule has 2 fully saturated rings. The predicted molar refractivity (Wildman–Crippen MR) is 77.3 cm³/mol.